The molecule has 168 valence electrons. The van der Waals surface area contributed by atoms with E-state index >= 15 is 0 Å². The van der Waals surface area contributed by atoms with Gasteiger partial charge in [0.1, 0.15) is 5.75 Å². The molecule has 2 aromatic rings. The van der Waals surface area contributed by atoms with Gasteiger partial charge >= 0.3 is 0 Å². The fraction of sp³-hybridized carbons (Fsp3) is 0.458. The monoisotopic (exact) mass is 426 g/mol. The predicted octanol–water partition coefficient (Wildman–Crippen LogP) is 2.95. The Hall–Kier alpha value is -2.93. The lowest BCUT2D eigenvalue weighted by Crippen LogP contribution is -2.46. The third kappa shape index (κ3) is 5.22. The number of methoxy groups -OCH3 is 3. The normalized spacial score (nSPS) is 14.8. The summed E-state index contributed by atoms with van der Waals surface area (Å²) in [6, 6.07) is 12.6. The van der Waals surface area contributed by atoms with Crippen molar-refractivity contribution >= 4 is 5.96 Å². The van der Waals surface area contributed by atoms with Gasteiger partial charge in [-0.15, -0.1) is 0 Å². The van der Waals surface area contributed by atoms with Crippen LogP contribution in [0.15, 0.2) is 41.4 Å². The summed E-state index contributed by atoms with van der Waals surface area (Å²) >= 11 is 0. The van der Waals surface area contributed by atoms with Crippen molar-refractivity contribution in [2.45, 2.75) is 19.0 Å². The van der Waals surface area contributed by atoms with Crippen LogP contribution in [0.4, 0.5) is 0 Å². The standard InChI is InChI=1S/C24H34N4O3/c1-25-24(26-15-21(27(2)3)17-7-9-20(29-4)10-8-17)28-12-11-18-13-22(30-5)23(31-6)14-19(18)16-28/h7-10,13-14,21H,11-12,15-16H2,1-6H3,(H,25,26). The van der Waals surface area contributed by atoms with Gasteiger partial charge in [0.25, 0.3) is 0 Å². The summed E-state index contributed by atoms with van der Waals surface area (Å²) in [7, 11) is 11.1. The van der Waals surface area contributed by atoms with Gasteiger partial charge in [0.05, 0.1) is 27.4 Å². The molecule has 0 saturated heterocycles. The number of hydrogen-bond donors (Lipinski definition) is 1. The second kappa shape index (κ2) is 10.4. The first kappa shape index (κ1) is 22.7. The van der Waals surface area contributed by atoms with Crippen LogP contribution in [0.2, 0.25) is 0 Å². The zero-order valence-electron chi connectivity index (χ0n) is 19.4. The molecule has 31 heavy (non-hydrogen) atoms. The van der Waals surface area contributed by atoms with Crippen molar-refractivity contribution in [3.05, 3.63) is 53.1 Å². The third-order valence-corrected chi connectivity index (χ3v) is 5.81. The molecule has 1 aliphatic rings. The molecule has 7 nitrogen and oxygen atoms in total. The summed E-state index contributed by atoms with van der Waals surface area (Å²) in [5, 5.41) is 3.58. The first-order chi connectivity index (χ1) is 15.0. The van der Waals surface area contributed by atoms with Crippen molar-refractivity contribution in [1.82, 2.24) is 15.1 Å². The number of nitrogens with zero attached hydrogens (tertiary/aromatic N) is 3. The highest BCUT2D eigenvalue weighted by Crippen LogP contribution is 2.33. The van der Waals surface area contributed by atoms with E-state index in [0.29, 0.717) is 0 Å². The molecule has 0 bridgehead atoms. The summed E-state index contributed by atoms with van der Waals surface area (Å²) in [6.07, 6.45) is 0.936. The van der Waals surface area contributed by atoms with Crippen LogP contribution in [0.1, 0.15) is 22.7 Å². The van der Waals surface area contributed by atoms with Crippen molar-refractivity contribution in [2.75, 3.05) is 55.6 Å². The Morgan fingerprint density at radius 2 is 1.68 bits per heavy atom. The number of fused-ring (bicyclic) bond motifs is 1. The topological polar surface area (TPSA) is 58.6 Å². The summed E-state index contributed by atoms with van der Waals surface area (Å²) in [5.74, 6) is 3.31. The number of ether oxygens (including phenoxy) is 3. The van der Waals surface area contributed by atoms with Crippen LogP contribution >= 0.6 is 0 Å². The first-order valence-corrected chi connectivity index (χ1v) is 10.5. The maximum absolute atomic E-state index is 5.49. The zero-order valence-corrected chi connectivity index (χ0v) is 19.4. The number of hydrogen-bond acceptors (Lipinski definition) is 5. The van der Waals surface area contributed by atoms with E-state index in [1.165, 1.54) is 16.7 Å². The number of rotatable bonds is 7. The molecule has 0 amide bonds. The van der Waals surface area contributed by atoms with E-state index in [0.717, 1.165) is 49.3 Å². The summed E-state index contributed by atoms with van der Waals surface area (Å²) in [4.78, 5) is 9.05. The van der Waals surface area contributed by atoms with E-state index in [1.54, 1.807) is 21.3 Å². The maximum atomic E-state index is 5.49. The molecule has 0 spiro atoms. The molecule has 0 saturated carbocycles. The van der Waals surface area contributed by atoms with Gasteiger partial charge in [-0.05, 0) is 61.5 Å². The maximum Gasteiger partial charge on any atom is 0.194 e. The SMILES string of the molecule is CN=C(NCC(c1ccc(OC)cc1)N(C)C)N1CCc2cc(OC)c(OC)cc2C1. The third-order valence-electron chi connectivity index (χ3n) is 5.81. The van der Waals surface area contributed by atoms with Crippen LogP contribution in [0.5, 0.6) is 17.2 Å². The van der Waals surface area contributed by atoms with Crippen LogP contribution in [0, 0.1) is 0 Å². The van der Waals surface area contributed by atoms with Gasteiger partial charge in [0.2, 0.25) is 0 Å². The number of guanidine groups is 1. The minimum atomic E-state index is 0.212. The molecule has 7 heteroatoms. The number of benzene rings is 2. The second-order valence-electron chi connectivity index (χ2n) is 7.83. The van der Waals surface area contributed by atoms with Gasteiger partial charge in [-0.3, -0.25) is 4.99 Å². The lowest BCUT2D eigenvalue weighted by molar-refractivity contribution is 0.291. The van der Waals surface area contributed by atoms with Crippen LogP contribution in [0.25, 0.3) is 0 Å². The fourth-order valence-electron chi connectivity index (χ4n) is 4.01. The average molecular weight is 427 g/mol. The largest absolute Gasteiger partial charge is 0.497 e. The van der Waals surface area contributed by atoms with Crippen LogP contribution in [-0.4, -0.2) is 71.3 Å². The molecule has 1 N–H and O–H groups in total. The van der Waals surface area contributed by atoms with Crippen LogP contribution in [0.3, 0.4) is 0 Å². The molecule has 0 radical (unpaired) electrons. The van der Waals surface area contributed by atoms with E-state index < -0.39 is 0 Å². The lowest BCUT2D eigenvalue weighted by Gasteiger charge is -2.33. The fourth-order valence-corrected chi connectivity index (χ4v) is 4.01. The molecule has 1 atom stereocenters. The summed E-state index contributed by atoms with van der Waals surface area (Å²) in [6.45, 7) is 2.43. The van der Waals surface area contributed by atoms with E-state index in [9.17, 15) is 0 Å². The Kier molecular flexibility index (Phi) is 7.63. The lowest BCUT2D eigenvalue weighted by atomic mass is 9.99. The molecular formula is C24H34N4O3. The van der Waals surface area contributed by atoms with Crippen molar-refractivity contribution in [2.24, 2.45) is 4.99 Å². The highest BCUT2D eigenvalue weighted by molar-refractivity contribution is 5.80. The molecular weight excluding hydrogens is 392 g/mol. The highest BCUT2D eigenvalue weighted by Gasteiger charge is 2.23. The van der Waals surface area contributed by atoms with Gasteiger partial charge in [0.15, 0.2) is 17.5 Å². The van der Waals surface area contributed by atoms with Gasteiger partial charge in [-0.25, -0.2) is 0 Å². The van der Waals surface area contributed by atoms with Crippen LogP contribution in [-0.2, 0) is 13.0 Å². The second-order valence-corrected chi connectivity index (χ2v) is 7.83. The van der Waals surface area contributed by atoms with Crippen molar-refractivity contribution in [1.29, 1.82) is 0 Å². The van der Waals surface area contributed by atoms with E-state index in [2.05, 4.69) is 58.5 Å². The smallest absolute Gasteiger partial charge is 0.194 e. The summed E-state index contributed by atoms with van der Waals surface area (Å²) < 4.78 is 16.2. The molecule has 3 rings (SSSR count). The Morgan fingerprint density at radius 1 is 1.03 bits per heavy atom. The highest BCUT2D eigenvalue weighted by atomic mass is 16.5. The van der Waals surface area contributed by atoms with E-state index in [4.69, 9.17) is 14.2 Å². The Balaban J connectivity index is 1.71. The molecule has 1 heterocycles. The first-order valence-electron chi connectivity index (χ1n) is 10.5. The van der Waals surface area contributed by atoms with E-state index in [-0.39, 0.29) is 6.04 Å². The quantitative estimate of drug-likeness (QED) is 0.543. The minimum Gasteiger partial charge on any atom is -0.497 e. The van der Waals surface area contributed by atoms with Gasteiger partial charge in [-0.1, -0.05) is 12.1 Å². The number of nitrogens with one attached hydrogen (secondary N) is 1. The molecule has 0 aliphatic carbocycles. The predicted molar refractivity (Wildman–Crippen MR) is 124 cm³/mol. The average Bonchev–Trinajstić information content (AvgIpc) is 2.80. The van der Waals surface area contributed by atoms with E-state index in [1.807, 2.05) is 19.2 Å². The molecule has 1 aliphatic heterocycles. The molecule has 0 aromatic heterocycles. The zero-order chi connectivity index (χ0) is 22.4. The van der Waals surface area contributed by atoms with Crippen molar-refractivity contribution in [3.63, 3.8) is 0 Å². The molecule has 2 aromatic carbocycles. The molecule has 0 fully saturated rings. The van der Waals surface area contributed by atoms with Gasteiger partial charge in [-0.2, -0.15) is 0 Å². The Morgan fingerprint density at radius 3 is 2.23 bits per heavy atom. The number of likely N-dealkylation sites (N-methyl/N-ethyl adjacent to an activating group) is 1. The van der Waals surface area contributed by atoms with Gasteiger partial charge < -0.3 is 29.3 Å². The van der Waals surface area contributed by atoms with Crippen molar-refractivity contribution < 1.29 is 14.2 Å². The molecule has 1 unspecified atom stereocenters. The minimum absolute atomic E-state index is 0.212. The van der Waals surface area contributed by atoms with Crippen LogP contribution < -0.4 is 19.5 Å². The Labute approximate surface area is 185 Å². The van der Waals surface area contributed by atoms with Gasteiger partial charge in [0, 0.05) is 26.7 Å². The van der Waals surface area contributed by atoms with Crippen molar-refractivity contribution in [3.8, 4) is 17.2 Å². The summed E-state index contributed by atoms with van der Waals surface area (Å²) in [5.41, 5.74) is 3.77. The number of aliphatic imine (C=N–C) groups is 1. The Bertz CT molecular complexity index is 896.